The lowest BCUT2D eigenvalue weighted by Crippen LogP contribution is -1.98. The van der Waals surface area contributed by atoms with Crippen LogP contribution in [0.3, 0.4) is 0 Å². The lowest BCUT2D eigenvalue weighted by molar-refractivity contribution is 0.400. The Hall–Kier alpha value is -1.84. The SMILES string of the molecule is COc1ccc2c(OC)nc(C3CC3)nc2c1. The molecule has 1 aliphatic rings. The smallest absolute Gasteiger partial charge is 0.224 e. The molecule has 0 unspecified atom stereocenters. The topological polar surface area (TPSA) is 44.2 Å². The van der Waals surface area contributed by atoms with Crippen LogP contribution in [0.2, 0.25) is 0 Å². The van der Waals surface area contributed by atoms with Gasteiger partial charge in [-0.15, -0.1) is 0 Å². The number of ether oxygens (including phenoxy) is 2. The average molecular weight is 230 g/mol. The van der Waals surface area contributed by atoms with Crippen molar-refractivity contribution in [2.24, 2.45) is 0 Å². The minimum Gasteiger partial charge on any atom is -0.497 e. The molecule has 1 heterocycles. The van der Waals surface area contributed by atoms with Gasteiger partial charge in [-0.3, -0.25) is 0 Å². The molecule has 0 amide bonds. The van der Waals surface area contributed by atoms with Gasteiger partial charge in [0.1, 0.15) is 11.6 Å². The highest BCUT2D eigenvalue weighted by atomic mass is 16.5. The van der Waals surface area contributed by atoms with Crippen molar-refractivity contribution in [1.82, 2.24) is 9.97 Å². The normalized spacial score (nSPS) is 14.9. The third-order valence-corrected chi connectivity index (χ3v) is 3.02. The van der Waals surface area contributed by atoms with Crippen LogP contribution in [0.25, 0.3) is 10.9 Å². The molecule has 0 atom stereocenters. The second-order valence-electron chi connectivity index (χ2n) is 4.25. The number of methoxy groups -OCH3 is 2. The third kappa shape index (κ3) is 1.79. The van der Waals surface area contributed by atoms with Crippen LogP contribution in [0, 0.1) is 0 Å². The van der Waals surface area contributed by atoms with Crippen LogP contribution in [0.1, 0.15) is 24.6 Å². The van der Waals surface area contributed by atoms with Crippen molar-refractivity contribution >= 4 is 10.9 Å². The molecule has 1 fully saturated rings. The molecule has 0 bridgehead atoms. The lowest BCUT2D eigenvalue weighted by Gasteiger charge is -2.08. The summed E-state index contributed by atoms with van der Waals surface area (Å²) in [6.07, 6.45) is 2.36. The van der Waals surface area contributed by atoms with E-state index in [1.807, 2.05) is 18.2 Å². The van der Waals surface area contributed by atoms with Crippen molar-refractivity contribution in [3.05, 3.63) is 24.0 Å². The maximum atomic E-state index is 5.33. The van der Waals surface area contributed by atoms with Crippen molar-refractivity contribution in [2.45, 2.75) is 18.8 Å². The summed E-state index contributed by atoms with van der Waals surface area (Å²) in [5.74, 6) is 2.86. The van der Waals surface area contributed by atoms with Gasteiger partial charge in [-0.25, -0.2) is 4.98 Å². The van der Waals surface area contributed by atoms with Gasteiger partial charge >= 0.3 is 0 Å². The molecular formula is C13H14N2O2. The molecule has 1 aliphatic carbocycles. The maximum absolute atomic E-state index is 5.33. The van der Waals surface area contributed by atoms with Gasteiger partial charge in [0.2, 0.25) is 5.88 Å². The summed E-state index contributed by atoms with van der Waals surface area (Å²) < 4.78 is 10.5. The van der Waals surface area contributed by atoms with Gasteiger partial charge in [0.15, 0.2) is 0 Å². The molecule has 17 heavy (non-hydrogen) atoms. The molecule has 0 spiro atoms. The quantitative estimate of drug-likeness (QED) is 0.812. The second-order valence-corrected chi connectivity index (χ2v) is 4.25. The van der Waals surface area contributed by atoms with Gasteiger partial charge in [0.25, 0.3) is 0 Å². The minimum absolute atomic E-state index is 0.513. The van der Waals surface area contributed by atoms with E-state index in [9.17, 15) is 0 Å². The molecule has 2 aromatic rings. The minimum atomic E-state index is 0.513. The predicted molar refractivity (Wildman–Crippen MR) is 64.6 cm³/mol. The molecule has 0 radical (unpaired) electrons. The van der Waals surface area contributed by atoms with Crippen LogP contribution in [0.5, 0.6) is 11.6 Å². The first kappa shape index (κ1) is 10.3. The Morgan fingerprint density at radius 1 is 1.12 bits per heavy atom. The van der Waals surface area contributed by atoms with Crippen LogP contribution in [0.15, 0.2) is 18.2 Å². The number of hydrogen-bond acceptors (Lipinski definition) is 4. The van der Waals surface area contributed by atoms with Crippen molar-refractivity contribution in [3.8, 4) is 11.6 Å². The number of rotatable bonds is 3. The number of aromatic nitrogens is 2. The van der Waals surface area contributed by atoms with E-state index in [4.69, 9.17) is 9.47 Å². The molecule has 1 aromatic heterocycles. The van der Waals surface area contributed by atoms with Crippen molar-refractivity contribution in [1.29, 1.82) is 0 Å². The van der Waals surface area contributed by atoms with Gasteiger partial charge < -0.3 is 9.47 Å². The van der Waals surface area contributed by atoms with Gasteiger partial charge in [-0.05, 0) is 25.0 Å². The molecule has 88 valence electrons. The first-order valence-electron chi connectivity index (χ1n) is 5.71. The molecule has 4 heteroatoms. The summed E-state index contributed by atoms with van der Waals surface area (Å²) in [6, 6.07) is 5.75. The standard InChI is InChI=1S/C13H14N2O2/c1-16-9-5-6-10-11(7-9)14-12(8-3-4-8)15-13(10)17-2/h5-8H,3-4H2,1-2H3. The molecule has 0 saturated heterocycles. The summed E-state index contributed by atoms with van der Waals surface area (Å²) in [6.45, 7) is 0. The monoisotopic (exact) mass is 230 g/mol. The van der Waals surface area contributed by atoms with Crippen molar-refractivity contribution in [2.75, 3.05) is 14.2 Å². The Labute approximate surface area is 99.6 Å². The number of fused-ring (bicyclic) bond motifs is 1. The fourth-order valence-corrected chi connectivity index (χ4v) is 1.90. The van der Waals surface area contributed by atoms with Crippen molar-refractivity contribution < 1.29 is 9.47 Å². The summed E-state index contributed by atoms with van der Waals surface area (Å²) in [7, 11) is 3.30. The van der Waals surface area contributed by atoms with Crippen LogP contribution < -0.4 is 9.47 Å². The van der Waals surface area contributed by atoms with E-state index in [1.54, 1.807) is 14.2 Å². The van der Waals surface area contributed by atoms with E-state index >= 15 is 0 Å². The number of benzene rings is 1. The van der Waals surface area contributed by atoms with Gasteiger partial charge in [0, 0.05) is 12.0 Å². The highest BCUT2D eigenvalue weighted by molar-refractivity contribution is 5.84. The fraction of sp³-hybridized carbons (Fsp3) is 0.385. The lowest BCUT2D eigenvalue weighted by atomic mass is 10.2. The summed E-state index contributed by atoms with van der Waals surface area (Å²) >= 11 is 0. The predicted octanol–water partition coefficient (Wildman–Crippen LogP) is 2.52. The number of nitrogens with zero attached hydrogens (tertiary/aromatic N) is 2. The first-order valence-corrected chi connectivity index (χ1v) is 5.71. The van der Waals surface area contributed by atoms with E-state index < -0.39 is 0 Å². The van der Waals surface area contributed by atoms with Gasteiger partial charge in [0.05, 0.1) is 25.1 Å². The Morgan fingerprint density at radius 2 is 1.94 bits per heavy atom. The summed E-state index contributed by atoms with van der Waals surface area (Å²) in [5, 5.41) is 0.928. The Balaban J connectivity index is 2.21. The molecule has 3 rings (SSSR count). The second kappa shape index (κ2) is 3.87. The zero-order valence-electron chi connectivity index (χ0n) is 9.93. The van der Waals surface area contributed by atoms with Crippen LogP contribution in [-0.2, 0) is 0 Å². The molecule has 0 N–H and O–H groups in total. The third-order valence-electron chi connectivity index (χ3n) is 3.02. The number of hydrogen-bond donors (Lipinski definition) is 0. The Morgan fingerprint density at radius 3 is 2.59 bits per heavy atom. The van der Waals surface area contributed by atoms with E-state index in [1.165, 1.54) is 12.8 Å². The van der Waals surface area contributed by atoms with Crippen molar-refractivity contribution in [3.63, 3.8) is 0 Å². The highest BCUT2D eigenvalue weighted by Crippen LogP contribution is 2.40. The van der Waals surface area contributed by atoms with Crippen LogP contribution in [-0.4, -0.2) is 24.2 Å². The van der Waals surface area contributed by atoms with E-state index in [0.717, 1.165) is 22.5 Å². The molecule has 0 aliphatic heterocycles. The van der Waals surface area contributed by atoms with Gasteiger partial charge in [-0.2, -0.15) is 4.98 Å². The zero-order valence-corrected chi connectivity index (χ0v) is 9.93. The highest BCUT2D eigenvalue weighted by Gasteiger charge is 2.27. The largest absolute Gasteiger partial charge is 0.497 e. The molecule has 1 aromatic carbocycles. The van der Waals surface area contributed by atoms with E-state index in [2.05, 4.69) is 9.97 Å². The molecule has 1 saturated carbocycles. The van der Waals surface area contributed by atoms with Crippen LogP contribution in [0.4, 0.5) is 0 Å². The van der Waals surface area contributed by atoms with Crippen LogP contribution >= 0.6 is 0 Å². The van der Waals surface area contributed by atoms with E-state index in [-0.39, 0.29) is 0 Å². The Kier molecular flexibility index (Phi) is 2.35. The fourth-order valence-electron chi connectivity index (χ4n) is 1.90. The van der Waals surface area contributed by atoms with E-state index in [0.29, 0.717) is 11.8 Å². The molecule has 4 nitrogen and oxygen atoms in total. The maximum Gasteiger partial charge on any atom is 0.224 e. The summed E-state index contributed by atoms with van der Waals surface area (Å²) in [5.41, 5.74) is 0.887. The summed E-state index contributed by atoms with van der Waals surface area (Å²) in [4.78, 5) is 9.05. The Bertz CT molecular complexity index is 565. The first-order chi connectivity index (χ1) is 8.31. The molecular weight excluding hydrogens is 216 g/mol. The van der Waals surface area contributed by atoms with Gasteiger partial charge in [-0.1, -0.05) is 0 Å². The average Bonchev–Trinajstić information content (AvgIpc) is 3.20. The zero-order chi connectivity index (χ0) is 11.8.